The van der Waals surface area contributed by atoms with Gasteiger partial charge in [-0.3, -0.25) is 10.1 Å². The van der Waals surface area contributed by atoms with Gasteiger partial charge in [0.25, 0.3) is 5.69 Å². The molecule has 0 amide bonds. The average Bonchev–Trinajstić information content (AvgIpc) is 2.19. The highest BCUT2D eigenvalue weighted by Crippen LogP contribution is 2.21. The van der Waals surface area contributed by atoms with Crippen LogP contribution in [-0.4, -0.2) is 16.0 Å². The number of non-ortho nitro benzene ring substituents is 1. The number of benzene rings is 1. The van der Waals surface area contributed by atoms with Crippen molar-refractivity contribution in [1.29, 1.82) is 0 Å². The predicted molar refractivity (Wildman–Crippen MR) is 49.7 cm³/mol. The monoisotopic (exact) mass is 229 g/mol. The summed E-state index contributed by atoms with van der Waals surface area (Å²) in [5.41, 5.74) is -1.14. The van der Waals surface area contributed by atoms with Crippen molar-refractivity contribution in [3.63, 3.8) is 0 Å². The first-order valence-corrected chi connectivity index (χ1v) is 3.96. The minimum atomic E-state index is -1.40. The first kappa shape index (κ1) is 11.8. The van der Waals surface area contributed by atoms with E-state index in [1.54, 1.807) is 0 Å². The van der Waals surface area contributed by atoms with E-state index in [2.05, 4.69) is 0 Å². The maximum absolute atomic E-state index is 13.1. The van der Waals surface area contributed by atoms with Gasteiger partial charge in [-0.15, -0.1) is 0 Å². The summed E-state index contributed by atoms with van der Waals surface area (Å²) in [7, 11) is 0. The molecule has 1 rings (SSSR count). The van der Waals surface area contributed by atoms with E-state index in [0.717, 1.165) is 12.1 Å². The molecule has 0 aliphatic carbocycles. The molecule has 0 aliphatic heterocycles. The van der Waals surface area contributed by atoms with Crippen LogP contribution in [-0.2, 0) is 4.79 Å². The summed E-state index contributed by atoms with van der Waals surface area (Å²) in [5.74, 6) is -4.10. The van der Waals surface area contributed by atoms with Crippen LogP contribution in [0.25, 0.3) is 6.08 Å². The Morgan fingerprint density at radius 2 is 2.06 bits per heavy atom. The van der Waals surface area contributed by atoms with E-state index >= 15 is 0 Å². The lowest BCUT2D eigenvalue weighted by atomic mass is 10.1. The standard InChI is InChI=1S/C9H5F2NO4/c10-7-4-6(12(15)16)3-5(9(7)11)1-2-8(13)14/h1-4H,(H,13,14). The van der Waals surface area contributed by atoms with Crippen molar-refractivity contribution in [2.75, 3.05) is 0 Å². The lowest BCUT2D eigenvalue weighted by Gasteiger charge is -1.98. The van der Waals surface area contributed by atoms with E-state index in [0.29, 0.717) is 12.1 Å². The highest BCUT2D eigenvalue weighted by molar-refractivity contribution is 5.85. The highest BCUT2D eigenvalue weighted by atomic mass is 19.2. The van der Waals surface area contributed by atoms with Gasteiger partial charge < -0.3 is 5.11 Å². The van der Waals surface area contributed by atoms with Gasteiger partial charge in [0, 0.05) is 17.7 Å². The zero-order valence-corrected chi connectivity index (χ0v) is 7.68. The number of carboxylic acid groups (broad SMARTS) is 1. The molecule has 1 aromatic carbocycles. The fraction of sp³-hybridized carbons (Fsp3) is 0. The highest BCUT2D eigenvalue weighted by Gasteiger charge is 2.15. The minimum Gasteiger partial charge on any atom is -0.478 e. The Labute approximate surface area is 87.8 Å². The van der Waals surface area contributed by atoms with Crippen molar-refractivity contribution < 1.29 is 23.6 Å². The smallest absolute Gasteiger partial charge is 0.328 e. The van der Waals surface area contributed by atoms with E-state index in [9.17, 15) is 23.7 Å². The summed E-state index contributed by atoms with van der Waals surface area (Å²) >= 11 is 0. The van der Waals surface area contributed by atoms with Crippen LogP contribution in [0.5, 0.6) is 0 Å². The van der Waals surface area contributed by atoms with Crippen LogP contribution < -0.4 is 0 Å². The van der Waals surface area contributed by atoms with Crippen LogP contribution in [0, 0.1) is 21.7 Å². The molecule has 0 aromatic heterocycles. The molecule has 0 atom stereocenters. The van der Waals surface area contributed by atoms with Gasteiger partial charge in [-0.05, 0) is 6.08 Å². The maximum Gasteiger partial charge on any atom is 0.328 e. The Kier molecular flexibility index (Phi) is 3.29. The summed E-state index contributed by atoms with van der Waals surface area (Å²) in [6.07, 6.45) is 1.30. The van der Waals surface area contributed by atoms with E-state index in [1.165, 1.54) is 0 Å². The van der Waals surface area contributed by atoms with Gasteiger partial charge in [0.2, 0.25) is 0 Å². The van der Waals surface area contributed by atoms with Gasteiger partial charge in [-0.25, -0.2) is 13.6 Å². The number of rotatable bonds is 3. The van der Waals surface area contributed by atoms with E-state index in [-0.39, 0.29) is 0 Å². The molecule has 0 unspecified atom stereocenters. The third kappa shape index (κ3) is 2.59. The van der Waals surface area contributed by atoms with Crippen molar-refractivity contribution in [3.05, 3.63) is 45.5 Å². The number of halogens is 2. The number of hydrogen-bond acceptors (Lipinski definition) is 3. The van der Waals surface area contributed by atoms with Crippen LogP contribution in [0.15, 0.2) is 18.2 Å². The van der Waals surface area contributed by atoms with Crippen LogP contribution in [0.1, 0.15) is 5.56 Å². The number of carbonyl (C=O) groups is 1. The molecule has 0 saturated heterocycles. The third-order valence-corrected chi connectivity index (χ3v) is 1.66. The summed E-state index contributed by atoms with van der Waals surface area (Å²) in [6, 6.07) is 1.17. The largest absolute Gasteiger partial charge is 0.478 e. The summed E-state index contributed by atoms with van der Waals surface area (Å²) < 4.78 is 25.9. The molecule has 1 aromatic rings. The van der Waals surface area contributed by atoms with Crippen molar-refractivity contribution in [1.82, 2.24) is 0 Å². The molecular formula is C9H5F2NO4. The maximum atomic E-state index is 13.1. The predicted octanol–water partition coefficient (Wildman–Crippen LogP) is 1.97. The van der Waals surface area contributed by atoms with Gasteiger partial charge in [-0.2, -0.15) is 0 Å². The fourth-order valence-electron chi connectivity index (χ4n) is 0.983. The zero-order chi connectivity index (χ0) is 12.3. The number of nitrogens with zero attached hydrogens (tertiary/aromatic N) is 1. The first-order valence-electron chi connectivity index (χ1n) is 3.96. The lowest BCUT2D eigenvalue weighted by Crippen LogP contribution is -1.95. The first-order chi connectivity index (χ1) is 7.41. The number of hydrogen-bond donors (Lipinski definition) is 1. The summed E-state index contributed by atoms with van der Waals surface area (Å²) in [4.78, 5) is 19.6. The fourth-order valence-corrected chi connectivity index (χ4v) is 0.983. The van der Waals surface area contributed by atoms with Crippen LogP contribution >= 0.6 is 0 Å². The van der Waals surface area contributed by atoms with Crippen LogP contribution in [0.3, 0.4) is 0 Å². The van der Waals surface area contributed by atoms with Crippen LogP contribution in [0.2, 0.25) is 0 Å². The van der Waals surface area contributed by atoms with Crippen molar-refractivity contribution in [2.24, 2.45) is 0 Å². The lowest BCUT2D eigenvalue weighted by molar-refractivity contribution is -0.385. The Hall–Kier alpha value is -2.31. The summed E-state index contributed by atoms with van der Waals surface area (Å²) in [6.45, 7) is 0. The molecule has 0 fully saturated rings. The van der Waals surface area contributed by atoms with E-state index in [1.807, 2.05) is 0 Å². The normalized spacial score (nSPS) is 10.6. The molecule has 0 saturated carbocycles. The third-order valence-electron chi connectivity index (χ3n) is 1.66. The Bertz CT molecular complexity index is 485. The number of nitro benzene ring substituents is 1. The second kappa shape index (κ2) is 4.47. The van der Waals surface area contributed by atoms with E-state index < -0.39 is 33.8 Å². The number of nitro groups is 1. The van der Waals surface area contributed by atoms with Crippen molar-refractivity contribution in [2.45, 2.75) is 0 Å². The molecule has 0 aliphatic rings. The SMILES string of the molecule is O=C(O)C=Cc1cc([N+](=O)[O-])cc(F)c1F. The van der Waals surface area contributed by atoms with E-state index in [4.69, 9.17) is 5.11 Å². The van der Waals surface area contributed by atoms with Gasteiger partial charge in [0.1, 0.15) is 0 Å². The Balaban J connectivity index is 3.27. The molecule has 0 bridgehead atoms. The number of carboxylic acids is 1. The summed E-state index contributed by atoms with van der Waals surface area (Å²) in [5, 5.41) is 18.6. The van der Waals surface area contributed by atoms with Crippen molar-refractivity contribution >= 4 is 17.7 Å². The second-order valence-electron chi connectivity index (χ2n) is 2.76. The molecule has 0 heterocycles. The molecule has 84 valence electrons. The molecule has 7 heteroatoms. The minimum absolute atomic E-state index is 0.424. The Morgan fingerprint density at radius 1 is 1.44 bits per heavy atom. The molecule has 5 nitrogen and oxygen atoms in total. The second-order valence-corrected chi connectivity index (χ2v) is 2.76. The molecule has 1 N–H and O–H groups in total. The molecule has 16 heavy (non-hydrogen) atoms. The quantitative estimate of drug-likeness (QED) is 0.488. The van der Waals surface area contributed by atoms with Gasteiger partial charge >= 0.3 is 5.97 Å². The van der Waals surface area contributed by atoms with Crippen LogP contribution in [0.4, 0.5) is 14.5 Å². The molecular weight excluding hydrogens is 224 g/mol. The topological polar surface area (TPSA) is 80.4 Å². The van der Waals surface area contributed by atoms with Gasteiger partial charge in [0.15, 0.2) is 11.6 Å². The van der Waals surface area contributed by atoms with Gasteiger partial charge in [0.05, 0.1) is 11.0 Å². The average molecular weight is 229 g/mol. The number of aliphatic carboxylic acids is 1. The molecule has 0 spiro atoms. The van der Waals surface area contributed by atoms with Crippen molar-refractivity contribution in [3.8, 4) is 0 Å². The Morgan fingerprint density at radius 3 is 2.56 bits per heavy atom. The molecule has 0 radical (unpaired) electrons. The zero-order valence-electron chi connectivity index (χ0n) is 7.68. The van der Waals surface area contributed by atoms with Gasteiger partial charge in [-0.1, -0.05) is 0 Å².